The quantitative estimate of drug-likeness (QED) is 0.621. The number of hydrogen-bond acceptors (Lipinski definition) is 5. The number of nitriles is 1. The SMILES string of the molecule is CCOC=Nc1nc2nc[nH]c2cc1C#N. The van der Waals surface area contributed by atoms with E-state index in [9.17, 15) is 0 Å². The maximum Gasteiger partial charge on any atom is 0.179 e. The lowest BCUT2D eigenvalue weighted by Crippen LogP contribution is -1.88. The van der Waals surface area contributed by atoms with E-state index in [0.717, 1.165) is 0 Å². The molecule has 0 spiro atoms. The van der Waals surface area contributed by atoms with Crippen LogP contribution in [0.4, 0.5) is 5.82 Å². The number of aromatic amines is 1. The van der Waals surface area contributed by atoms with E-state index in [1.807, 2.05) is 13.0 Å². The fourth-order valence-electron chi connectivity index (χ4n) is 1.20. The first kappa shape index (κ1) is 10.1. The fraction of sp³-hybridized carbons (Fsp3) is 0.200. The van der Waals surface area contributed by atoms with Crippen LogP contribution in [0.5, 0.6) is 0 Å². The summed E-state index contributed by atoms with van der Waals surface area (Å²) in [5.41, 5.74) is 1.63. The van der Waals surface area contributed by atoms with Gasteiger partial charge in [-0.1, -0.05) is 0 Å². The largest absolute Gasteiger partial charge is 0.483 e. The first-order valence-electron chi connectivity index (χ1n) is 4.73. The molecule has 0 bridgehead atoms. The molecule has 16 heavy (non-hydrogen) atoms. The van der Waals surface area contributed by atoms with Crippen molar-refractivity contribution in [2.75, 3.05) is 6.61 Å². The van der Waals surface area contributed by atoms with Gasteiger partial charge >= 0.3 is 0 Å². The summed E-state index contributed by atoms with van der Waals surface area (Å²) in [6, 6.07) is 3.69. The van der Waals surface area contributed by atoms with E-state index in [4.69, 9.17) is 10.00 Å². The first-order chi connectivity index (χ1) is 7.85. The summed E-state index contributed by atoms with van der Waals surface area (Å²) in [6.07, 6.45) is 2.80. The predicted octanol–water partition coefficient (Wildman–Crippen LogP) is 1.53. The van der Waals surface area contributed by atoms with Crippen LogP contribution in [-0.2, 0) is 4.74 Å². The van der Waals surface area contributed by atoms with Crippen LogP contribution in [0.3, 0.4) is 0 Å². The van der Waals surface area contributed by atoms with Gasteiger partial charge in [0.05, 0.1) is 24.0 Å². The van der Waals surface area contributed by atoms with Crippen molar-refractivity contribution >= 4 is 23.4 Å². The maximum absolute atomic E-state index is 8.93. The molecule has 2 aromatic heterocycles. The van der Waals surface area contributed by atoms with E-state index in [0.29, 0.717) is 29.2 Å². The number of aromatic nitrogens is 3. The highest BCUT2D eigenvalue weighted by atomic mass is 16.5. The van der Waals surface area contributed by atoms with Gasteiger partial charge in [0.25, 0.3) is 0 Å². The molecule has 1 N–H and O–H groups in total. The molecule has 0 amide bonds. The standard InChI is InChI=1S/C10H9N5O/c1-2-16-6-14-9-7(4-11)3-8-10(15-9)13-5-12-8/h3,5-6H,2H2,1H3,(H,12,13,15). The number of imidazole rings is 1. The Labute approximate surface area is 91.6 Å². The average molecular weight is 215 g/mol. The molecule has 80 valence electrons. The van der Waals surface area contributed by atoms with Gasteiger partial charge in [-0.3, -0.25) is 0 Å². The molecule has 0 radical (unpaired) electrons. The summed E-state index contributed by atoms with van der Waals surface area (Å²) < 4.78 is 4.96. The number of pyridine rings is 1. The average Bonchev–Trinajstić information content (AvgIpc) is 2.75. The molecule has 0 fully saturated rings. The van der Waals surface area contributed by atoms with Crippen LogP contribution in [-0.4, -0.2) is 28.0 Å². The molecule has 0 aliphatic carbocycles. The number of rotatable bonds is 3. The van der Waals surface area contributed by atoms with Crippen LogP contribution in [0.15, 0.2) is 17.4 Å². The lowest BCUT2D eigenvalue weighted by Gasteiger charge is -1.96. The molecule has 0 aliphatic rings. The molecule has 6 heteroatoms. The van der Waals surface area contributed by atoms with E-state index in [1.165, 1.54) is 12.7 Å². The molecule has 2 aromatic rings. The maximum atomic E-state index is 8.93. The topological polar surface area (TPSA) is 87.0 Å². The van der Waals surface area contributed by atoms with Crippen molar-refractivity contribution in [2.45, 2.75) is 6.92 Å². The normalized spacial score (nSPS) is 10.8. The first-order valence-corrected chi connectivity index (χ1v) is 4.73. The molecular weight excluding hydrogens is 206 g/mol. The molecule has 2 rings (SSSR count). The van der Waals surface area contributed by atoms with Crippen molar-refractivity contribution in [3.05, 3.63) is 18.0 Å². The molecule has 2 heterocycles. The van der Waals surface area contributed by atoms with Crippen LogP contribution < -0.4 is 0 Å². The Morgan fingerprint density at radius 3 is 3.31 bits per heavy atom. The van der Waals surface area contributed by atoms with Gasteiger partial charge in [-0.05, 0) is 13.0 Å². The lowest BCUT2D eigenvalue weighted by atomic mass is 10.2. The molecule has 0 saturated carbocycles. The number of ether oxygens (including phenoxy) is 1. The molecule has 6 nitrogen and oxygen atoms in total. The molecule has 0 saturated heterocycles. The van der Waals surface area contributed by atoms with E-state index < -0.39 is 0 Å². The predicted molar refractivity (Wildman–Crippen MR) is 58.4 cm³/mol. The van der Waals surface area contributed by atoms with Crippen molar-refractivity contribution in [1.29, 1.82) is 5.26 Å². The van der Waals surface area contributed by atoms with Crippen molar-refractivity contribution in [1.82, 2.24) is 15.0 Å². The number of H-pyrrole nitrogens is 1. The minimum Gasteiger partial charge on any atom is -0.483 e. The van der Waals surface area contributed by atoms with Crippen LogP contribution in [0.2, 0.25) is 0 Å². The summed E-state index contributed by atoms with van der Waals surface area (Å²) in [5.74, 6) is 0.315. The third-order valence-corrected chi connectivity index (χ3v) is 1.93. The second-order valence-corrected chi connectivity index (χ2v) is 2.93. The highest BCUT2D eigenvalue weighted by Gasteiger charge is 2.06. The molecule has 0 aliphatic heterocycles. The van der Waals surface area contributed by atoms with Crippen LogP contribution in [0.1, 0.15) is 12.5 Å². The summed E-state index contributed by atoms with van der Waals surface area (Å²) in [4.78, 5) is 15.0. The summed E-state index contributed by atoms with van der Waals surface area (Å²) in [5, 5.41) is 8.93. The van der Waals surface area contributed by atoms with Gasteiger partial charge in [0.1, 0.15) is 6.07 Å². The van der Waals surface area contributed by atoms with Gasteiger partial charge in [0, 0.05) is 0 Å². The van der Waals surface area contributed by atoms with Gasteiger partial charge in [-0.15, -0.1) is 0 Å². The second kappa shape index (κ2) is 4.40. The summed E-state index contributed by atoms with van der Waals surface area (Å²) in [6.45, 7) is 2.37. The second-order valence-electron chi connectivity index (χ2n) is 2.93. The van der Waals surface area contributed by atoms with Crippen molar-refractivity contribution in [3.8, 4) is 6.07 Å². The number of nitrogens with one attached hydrogen (secondary N) is 1. The molecule has 0 aromatic carbocycles. The number of nitrogens with zero attached hydrogens (tertiary/aromatic N) is 4. The lowest BCUT2D eigenvalue weighted by molar-refractivity contribution is 0.344. The van der Waals surface area contributed by atoms with Gasteiger partial charge in [0.2, 0.25) is 0 Å². The third kappa shape index (κ3) is 1.83. The minimum absolute atomic E-state index is 0.315. The van der Waals surface area contributed by atoms with Gasteiger partial charge in [0.15, 0.2) is 17.9 Å². The van der Waals surface area contributed by atoms with Gasteiger partial charge in [-0.25, -0.2) is 9.97 Å². The smallest absolute Gasteiger partial charge is 0.179 e. The molecule has 0 atom stereocenters. The Bertz CT molecular complexity index is 566. The number of fused-ring (bicyclic) bond motifs is 1. The summed E-state index contributed by atoms with van der Waals surface area (Å²) in [7, 11) is 0. The van der Waals surface area contributed by atoms with Crippen molar-refractivity contribution in [2.24, 2.45) is 4.99 Å². The zero-order valence-corrected chi connectivity index (χ0v) is 8.64. The van der Waals surface area contributed by atoms with E-state index in [2.05, 4.69) is 19.9 Å². The fourth-order valence-corrected chi connectivity index (χ4v) is 1.20. The van der Waals surface area contributed by atoms with E-state index >= 15 is 0 Å². The Morgan fingerprint density at radius 1 is 1.69 bits per heavy atom. The highest BCUT2D eigenvalue weighted by molar-refractivity contribution is 5.76. The molecular formula is C10H9N5O. The third-order valence-electron chi connectivity index (χ3n) is 1.93. The Balaban J connectivity index is 2.45. The Kier molecular flexibility index (Phi) is 2.78. The zero-order valence-electron chi connectivity index (χ0n) is 8.64. The minimum atomic E-state index is 0.315. The summed E-state index contributed by atoms with van der Waals surface area (Å²) >= 11 is 0. The van der Waals surface area contributed by atoms with Crippen LogP contribution in [0, 0.1) is 11.3 Å². The van der Waals surface area contributed by atoms with Crippen LogP contribution >= 0.6 is 0 Å². The van der Waals surface area contributed by atoms with E-state index in [1.54, 1.807) is 6.07 Å². The number of aliphatic imine (C=N–C) groups is 1. The van der Waals surface area contributed by atoms with Gasteiger partial charge < -0.3 is 9.72 Å². The molecule has 0 unspecified atom stereocenters. The highest BCUT2D eigenvalue weighted by Crippen LogP contribution is 2.19. The van der Waals surface area contributed by atoms with E-state index in [-0.39, 0.29) is 0 Å². The van der Waals surface area contributed by atoms with Gasteiger partial charge in [-0.2, -0.15) is 10.3 Å². The number of hydrogen-bond donors (Lipinski definition) is 1. The monoisotopic (exact) mass is 215 g/mol. The Hall–Kier alpha value is -2.42. The van der Waals surface area contributed by atoms with Crippen molar-refractivity contribution < 1.29 is 4.74 Å². The zero-order chi connectivity index (χ0) is 11.4. The Morgan fingerprint density at radius 2 is 2.56 bits per heavy atom. The van der Waals surface area contributed by atoms with Crippen LogP contribution in [0.25, 0.3) is 11.2 Å². The van der Waals surface area contributed by atoms with Crippen molar-refractivity contribution in [3.63, 3.8) is 0 Å².